The van der Waals surface area contributed by atoms with Crippen LogP contribution in [0.2, 0.25) is 0 Å². The van der Waals surface area contributed by atoms with Crippen molar-refractivity contribution in [2.24, 2.45) is 11.1 Å². The molecule has 1 atom stereocenters. The summed E-state index contributed by atoms with van der Waals surface area (Å²) in [6, 6.07) is 0.233. The van der Waals surface area contributed by atoms with E-state index in [1.165, 1.54) is 0 Å². The van der Waals surface area contributed by atoms with Crippen LogP contribution in [0, 0.1) is 5.41 Å². The van der Waals surface area contributed by atoms with E-state index in [1.54, 1.807) is 4.90 Å². The fourth-order valence-electron chi connectivity index (χ4n) is 2.17. The van der Waals surface area contributed by atoms with E-state index in [2.05, 4.69) is 0 Å². The SMILES string of the molecule is CC(C)(C)OC(=O)N1CC2(CSC[C@@H]2N)C1. The van der Waals surface area contributed by atoms with Gasteiger partial charge in [-0.1, -0.05) is 0 Å². The number of nitrogens with two attached hydrogens (primary N) is 1. The summed E-state index contributed by atoms with van der Waals surface area (Å²) in [5.74, 6) is 2.09. The molecule has 2 heterocycles. The van der Waals surface area contributed by atoms with Gasteiger partial charge in [-0.2, -0.15) is 11.8 Å². The molecule has 0 saturated carbocycles. The topological polar surface area (TPSA) is 55.6 Å². The van der Waals surface area contributed by atoms with Gasteiger partial charge in [-0.25, -0.2) is 4.79 Å². The first kappa shape index (κ1) is 12.0. The maximum absolute atomic E-state index is 11.7. The third-order valence-electron chi connectivity index (χ3n) is 3.14. The van der Waals surface area contributed by atoms with Crippen LogP contribution in [0.25, 0.3) is 0 Å². The van der Waals surface area contributed by atoms with Gasteiger partial charge in [-0.05, 0) is 20.8 Å². The maximum Gasteiger partial charge on any atom is 0.410 e. The van der Waals surface area contributed by atoms with Gasteiger partial charge in [0.2, 0.25) is 0 Å². The second-order valence-electron chi connectivity index (χ2n) is 5.82. The summed E-state index contributed by atoms with van der Waals surface area (Å²) >= 11 is 1.89. The van der Waals surface area contributed by atoms with Crippen molar-refractivity contribution in [3.63, 3.8) is 0 Å². The lowest BCUT2D eigenvalue weighted by Gasteiger charge is -2.49. The van der Waals surface area contributed by atoms with Gasteiger partial charge in [-0.15, -0.1) is 0 Å². The summed E-state index contributed by atoms with van der Waals surface area (Å²) in [5.41, 5.74) is 5.82. The van der Waals surface area contributed by atoms with Crippen LogP contribution in [-0.4, -0.2) is 47.2 Å². The van der Waals surface area contributed by atoms with Crippen LogP contribution in [0.3, 0.4) is 0 Å². The van der Waals surface area contributed by atoms with Gasteiger partial charge in [0.1, 0.15) is 5.60 Å². The average Bonchev–Trinajstić information content (AvgIpc) is 2.40. The van der Waals surface area contributed by atoms with E-state index in [0.29, 0.717) is 0 Å². The minimum atomic E-state index is -0.410. The number of thioether (sulfide) groups is 1. The van der Waals surface area contributed by atoms with Crippen molar-refractivity contribution in [2.75, 3.05) is 24.6 Å². The highest BCUT2D eigenvalue weighted by Crippen LogP contribution is 2.43. The number of carbonyl (C=O) groups is 1. The van der Waals surface area contributed by atoms with Crippen molar-refractivity contribution in [2.45, 2.75) is 32.4 Å². The summed E-state index contributed by atoms with van der Waals surface area (Å²) in [5, 5.41) is 0. The van der Waals surface area contributed by atoms with Crippen molar-refractivity contribution in [1.82, 2.24) is 4.90 Å². The number of hydrogen-bond acceptors (Lipinski definition) is 4. The average molecular weight is 244 g/mol. The molecule has 0 aromatic rings. The highest BCUT2D eigenvalue weighted by atomic mass is 32.2. The normalized spacial score (nSPS) is 28.0. The number of rotatable bonds is 0. The third kappa shape index (κ3) is 2.15. The van der Waals surface area contributed by atoms with E-state index < -0.39 is 5.60 Å². The van der Waals surface area contributed by atoms with E-state index in [4.69, 9.17) is 10.5 Å². The van der Waals surface area contributed by atoms with Gasteiger partial charge in [0.15, 0.2) is 0 Å². The summed E-state index contributed by atoms with van der Waals surface area (Å²) in [6.07, 6.45) is -0.206. The highest BCUT2D eigenvalue weighted by molar-refractivity contribution is 7.99. The van der Waals surface area contributed by atoms with Crippen LogP contribution in [-0.2, 0) is 4.74 Å². The predicted octanol–water partition coefficient (Wildman–Crippen LogP) is 1.30. The lowest BCUT2D eigenvalue weighted by molar-refractivity contribution is -0.0299. The minimum absolute atomic E-state index is 0.168. The zero-order chi connectivity index (χ0) is 12.0. The van der Waals surface area contributed by atoms with Gasteiger partial charge in [0.25, 0.3) is 0 Å². The van der Waals surface area contributed by atoms with Crippen LogP contribution in [0.4, 0.5) is 4.79 Å². The Morgan fingerprint density at radius 3 is 2.56 bits per heavy atom. The quantitative estimate of drug-likeness (QED) is 0.698. The molecule has 1 spiro atoms. The van der Waals surface area contributed by atoms with Gasteiger partial charge in [-0.3, -0.25) is 0 Å². The molecule has 2 aliphatic heterocycles. The molecule has 0 bridgehead atoms. The van der Waals surface area contributed by atoms with Crippen LogP contribution in [0.1, 0.15) is 20.8 Å². The zero-order valence-corrected chi connectivity index (χ0v) is 11.0. The van der Waals surface area contributed by atoms with Gasteiger partial charge >= 0.3 is 6.09 Å². The molecule has 0 aromatic heterocycles. The molecule has 2 rings (SSSR count). The molecular formula is C11H20N2O2S. The Morgan fingerprint density at radius 1 is 1.50 bits per heavy atom. The predicted molar refractivity (Wildman–Crippen MR) is 65.5 cm³/mol. The molecule has 2 aliphatic rings. The van der Waals surface area contributed by atoms with Crippen LogP contribution < -0.4 is 5.73 Å². The molecule has 4 nitrogen and oxygen atoms in total. The number of carbonyl (C=O) groups excluding carboxylic acids is 1. The van der Waals surface area contributed by atoms with Gasteiger partial charge in [0.05, 0.1) is 0 Å². The largest absolute Gasteiger partial charge is 0.444 e. The fourth-order valence-corrected chi connectivity index (χ4v) is 3.70. The van der Waals surface area contributed by atoms with Crippen molar-refractivity contribution in [1.29, 1.82) is 0 Å². The van der Waals surface area contributed by atoms with E-state index in [0.717, 1.165) is 24.6 Å². The van der Waals surface area contributed by atoms with Crippen LogP contribution in [0.15, 0.2) is 0 Å². The number of amides is 1. The lowest BCUT2D eigenvalue weighted by atomic mass is 9.76. The van der Waals surface area contributed by atoms with Gasteiger partial charge < -0.3 is 15.4 Å². The standard InChI is InChI=1S/C11H20N2O2S/c1-10(2,3)15-9(14)13-5-11(6-13)7-16-4-8(11)12/h8H,4-7,12H2,1-3H3/t8-/m0/s1. The highest BCUT2D eigenvalue weighted by Gasteiger charge is 2.52. The number of likely N-dealkylation sites (tertiary alicyclic amines) is 1. The van der Waals surface area contributed by atoms with Crippen molar-refractivity contribution in [3.8, 4) is 0 Å². The van der Waals surface area contributed by atoms with E-state index in [9.17, 15) is 4.79 Å². The number of nitrogens with zero attached hydrogens (tertiary/aromatic N) is 1. The van der Waals surface area contributed by atoms with E-state index in [-0.39, 0.29) is 17.6 Å². The maximum atomic E-state index is 11.7. The first-order valence-corrected chi connectivity index (χ1v) is 6.79. The van der Waals surface area contributed by atoms with Crippen LogP contribution in [0.5, 0.6) is 0 Å². The third-order valence-corrected chi connectivity index (χ3v) is 4.51. The first-order chi connectivity index (χ1) is 7.32. The van der Waals surface area contributed by atoms with Crippen molar-refractivity contribution >= 4 is 17.9 Å². The Morgan fingerprint density at radius 2 is 2.12 bits per heavy atom. The Bertz CT molecular complexity index is 295. The Balaban J connectivity index is 1.86. The molecule has 0 radical (unpaired) electrons. The molecule has 2 N–H and O–H groups in total. The first-order valence-electron chi connectivity index (χ1n) is 5.64. The molecule has 0 aromatic carbocycles. The molecule has 2 fully saturated rings. The van der Waals surface area contributed by atoms with Crippen LogP contribution >= 0.6 is 11.8 Å². The minimum Gasteiger partial charge on any atom is -0.444 e. The van der Waals surface area contributed by atoms with Crippen molar-refractivity contribution < 1.29 is 9.53 Å². The molecule has 0 unspecified atom stereocenters. The number of hydrogen-bond donors (Lipinski definition) is 1. The summed E-state index contributed by atoms with van der Waals surface area (Å²) in [6.45, 7) is 7.18. The van der Waals surface area contributed by atoms with E-state index in [1.807, 2.05) is 32.5 Å². The van der Waals surface area contributed by atoms with E-state index >= 15 is 0 Å². The zero-order valence-electron chi connectivity index (χ0n) is 10.2. The van der Waals surface area contributed by atoms with Crippen molar-refractivity contribution in [3.05, 3.63) is 0 Å². The Labute approximate surface area is 101 Å². The molecule has 1 amide bonds. The summed E-state index contributed by atoms with van der Waals surface area (Å²) < 4.78 is 5.32. The second-order valence-corrected chi connectivity index (χ2v) is 6.85. The smallest absolute Gasteiger partial charge is 0.410 e. The lowest BCUT2D eigenvalue weighted by Crippen LogP contribution is -2.65. The second kappa shape index (κ2) is 3.81. The monoisotopic (exact) mass is 244 g/mol. The summed E-state index contributed by atoms with van der Waals surface area (Å²) in [4.78, 5) is 13.5. The molecular weight excluding hydrogens is 224 g/mol. The summed E-state index contributed by atoms with van der Waals surface area (Å²) in [7, 11) is 0. The Hall–Kier alpha value is -0.420. The Kier molecular flexibility index (Phi) is 2.87. The molecule has 2 saturated heterocycles. The van der Waals surface area contributed by atoms with Gasteiger partial charge in [0, 0.05) is 36.1 Å². The molecule has 5 heteroatoms. The molecule has 0 aliphatic carbocycles. The fraction of sp³-hybridized carbons (Fsp3) is 0.909. The molecule has 16 heavy (non-hydrogen) atoms. The molecule has 92 valence electrons. The number of ether oxygens (including phenoxy) is 1.